The molecule has 1 saturated heterocycles. The Labute approximate surface area is 213 Å². The van der Waals surface area contributed by atoms with Crippen molar-refractivity contribution in [2.45, 2.75) is 81.1 Å². The minimum absolute atomic E-state index is 0. The molecule has 3 rings (SSSR count). The molecule has 33 heavy (non-hydrogen) atoms. The fourth-order valence-corrected chi connectivity index (χ4v) is 5.57. The first-order chi connectivity index (χ1) is 15.2. The lowest BCUT2D eigenvalue weighted by Gasteiger charge is -2.31. The highest BCUT2D eigenvalue weighted by atomic mass is 35.5. The number of fused-ring (bicyclic) bond motifs is 1. The second-order valence-corrected chi connectivity index (χ2v) is 10.5. The highest BCUT2D eigenvalue weighted by molar-refractivity contribution is 7.20. The lowest BCUT2D eigenvalue weighted by Crippen LogP contribution is -2.28. The standard InChI is InChI=1S/C26H35NS.C4H8.ClH/c1-7-22(26-20(5)23-13-9-10-14-25(23)28-26)17-24(18(2)3)19(4)21(6)27-15-11-8-12-16-27;1-4(2)3;/h9-10,13-14,17H,7-8,11-12,15-16H2,1-6H3;1H2,2-3H3;1H/b21-19+,22-17+;;. The van der Waals surface area contributed by atoms with Gasteiger partial charge in [0.05, 0.1) is 0 Å². The molecular weight excluding hydrogens is 442 g/mol. The van der Waals surface area contributed by atoms with Crippen LogP contribution in [0, 0.1) is 6.92 Å². The molecule has 1 aliphatic heterocycles. The van der Waals surface area contributed by atoms with Crippen LogP contribution < -0.4 is 0 Å². The van der Waals surface area contributed by atoms with Crippen molar-refractivity contribution in [3.63, 3.8) is 0 Å². The van der Waals surface area contributed by atoms with Gasteiger partial charge in [-0.15, -0.1) is 30.3 Å². The minimum Gasteiger partial charge on any atom is -0.375 e. The molecule has 1 fully saturated rings. The second-order valence-electron chi connectivity index (χ2n) is 9.45. The molecule has 0 unspecified atom stereocenters. The number of likely N-dealkylation sites (tertiary alicyclic amines) is 1. The molecule has 1 aromatic heterocycles. The molecule has 2 heterocycles. The predicted molar refractivity (Wildman–Crippen MR) is 155 cm³/mol. The van der Waals surface area contributed by atoms with Crippen LogP contribution in [0.3, 0.4) is 0 Å². The zero-order chi connectivity index (χ0) is 23.8. The normalized spacial score (nSPS) is 14.7. The largest absolute Gasteiger partial charge is 0.375 e. The van der Waals surface area contributed by atoms with Gasteiger partial charge < -0.3 is 4.90 Å². The van der Waals surface area contributed by atoms with E-state index in [1.54, 1.807) is 0 Å². The lowest BCUT2D eigenvalue weighted by atomic mass is 9.95. The average Bonchev–Trinajstić information content (AvgIpc) is 3.10. The Morgan fingerprint density at radius 2 is 1.58 bits per heavy atom. The van der Waals surface area contributed by atoms with Crippen LogP contribution in [0.15, 0.2) is 64.9 Å². The Morgan fingerprint density at radius 3 is 2.09 bits per heavy atom. The smallest absolute Gasteiger partial charge is 0.0352 e. The van der Waals surface area contributed by atoms with Gasteiger partial charge in [-0.3, -0.25) is 0 Å². The molecule has 0 saturated carbocycles. The molecule has 3 heteroatoms. The Balaban J connectivity index is 0.00000101. The molecule has 1 nitrogen and oxygen atoms in total. The van der Waals surface area contributed by atoms with Gasteiger partial charge in [0.1, 0.15) is 0 Å². The van der Waals surface area contributed by atoms with Crippen LogP contribution in [0.5, 0.6) is 0 Å². The Morgan fingerprint density at radius 1 is 1.00 bits per heavy atom. The van der Waals surface area contributed by atoms with E-state index in [2.05, 4.69) is 83.4 Å². The fraction of sp³-hybridized carbons (Fsp3) is 0.467. The van der Waals surface area contributed by atoms with Gasteiger partial charge in [-0.1, -0.05) is 42.3 Å². The number of benzene rings is 1. The first-order valence-corrected chi connectivity index (χ1v) is 12.9. The van der Waals surface area contributed by atoms with Crippen LogP contribution >= 0.6 is 23.7 Å². The molecule has 1 aliphatic rings. The molecule has 1 aromatic carbocycles. The molecule has 0 spiro atoms. The third-order valence-corrected chi connectivity index (χ3v) is 7.50. The van der Waals surface area contributed by atoms with Gasteiger partial charge in [0.15, 0.2) is 0 Å². The summed E-state index contributed by atoms with van der Waals surface area (Å²) in [7, 11) is 0. The maximum Gasteiger partial charge on any atom is 0.0352 e. The summed E-state index contributed by atoms with van der Waals surface area (Å²) >= 11 is 1.94. The molecule has 182 valence electrons. The summed E-state index contributed by atoms with van der Waals surface area (Å²) < 4.78 is 1.39. The number of allylic oxidation sites excluding steroid dienone is 7. The number of rotatable bonds is 5. The molecule has 0 bridgehead atoms. The molecule has 0 radical (unpaired) electrons. The summed E-state index contributed by atoms with van der Waals surface area (Å²) in [5.41, 5.74) is 9.76. The van der Waals surface area contributed by atoms with Crippen molar-refractivity contribution in [3.05, 3.63) is 75.4 Å². The maximum absolute atomic E-state index is 3.56. The number of nitrogens with zero attached hydrogens (tertiary/aromatic N) is 1. The average molecular weight is 486 g/mol. The van der Waals surface area contributed by atoms with Crippen molar-refractivity contribution in [2.24, 2.45) is 0 Å². The van der Waals surface area contributed by atoms with E-state index in [-0.39, 0.29) is 12.4 Å². The van der Waals surface area contributed by atoms with Gasteiger partial charge in [-0.25, -0.2) is 0 Å². The first-order valence-electron chi connectivity index (χ1n) is 12.1. The van der Waals surface area contributed by atoms with Crippen molar-refractivity contribution in [2.75, 3.05) is 13.1 Å². The van der Waals surface area contributed by atoms with Gasteiger partial charge in [-0.2, -0.15) is 0 Å². The summed E-state index contributed by atoms with van der Waals surface area (Å²) in [6.45, 7) is 23.6. The Kier molecular flexibility index (Phi) is 12.3. The van der Waals surface area contributed by atoms with E-state index in [0.29, 0.717) is 0 Å². The van der Waals surface area contributed by atoms with E-state index < -0.39 is 0 Å². The molecule has 0 N–H and O–H groups in total. The molecular formula is C30H44ClNS. The van der Waals surface area contributed by atoms with Crippen molar-refractivity contribution in [3.8, 4) is 0 Å². The van der Waals surface area contributed by atoms with Gasteiger partial charge in [-0.05, 0) is 108 Å². The summed E-state index contributed by atoms with van der Waals surface area (Å²) in [6.07, 6.45) is 7.55. The SMILES string of the molecule is C=C(C)C.CC/C(=C\C(=C(C)C)/C(C)=C(\C)N1CCCCC1)c1sc2ccccc2c1C.Cl. The first kappa shape index (κ1) is 29.3. The monoisotopic (exact) mass is 485 g/mol. The van der Waals surface area contributed by atoms with Crippen molar-refractivity contribution in [1.82, 2.24) is 4.90 Å². The molecule has 2 aromatic rings. The van der Waals surface area contributed by atoms with E-state index in [4.69, 9.17) is 0 Å². The minimum atomic E-state index is 0. The van der Waals surface area contributed by atoms with E-state index in [9.17, 15) is 0 Å². The number of hydrogen-bond acceptors (Lipinski definition) is 2. The highest BCUT2D eigenvalue weighted by Gasteiger charge is 2.16. The molecule has 0 atom stereocenters. The summed E-state index contributed by atoms with van der Waals surface area (Å²) in [5, 5.41) is 1.40. The van der Waals surface area contributed by atoms with Crippen LogP contribution in [-0.2, 0) is 0 Å². The third-order valence-electron chi connectivity index (χ3n) is 6.15. The number of aryl methyl sites for hydroxylation is 1. The van der Waals surface area contributed by atoms with Gasteiger partial charge in [0.25, 0.3) is 0 Å². The second kappa shape index (κ2) is 13.8. The van der Waals surface area contributed by atoms with Crippen LogP contribution in [0.1, 0.15) is 84.6 Å². The topological polar surface area (TPSA) is 3.24 Å². The zero-order valence-electron chi connectivity index (χ0n) is 22.1. The van der Waals surface area contributed by atoms with Gasteiger partial charge >= 0.3 is 0 Å². The number of thiophene rings is 1. The van der Waals surface area contributed by atoms with Crippen molar-refractivity contribution < 1.29 is 0 Å². The lowest BCUT2D eigenvalue weighted by molar-refractivity contribution is 0.284. The van der Waals surface area contributed by atoms with E-state index in [0.717, 1.165) is 6.42 Å². The molecule has 0 aliphatic carbocycles. The summed E-state index contributed by atoms with van der Waals surface area (Å²) in [6, 6.07) is 8.80. The van der Waals surface area contributed by atoms with Crippen LogP contribution in [0.4, 0.5) is 0 Å². The highest BCUT2D eigenvalue weighted by Crippen LogP contribution is 2.38. The van der Waals surface area contributed by atoms with Gasteiger partial charge in [0, 0.05) is 28.4 Å². The van der Waals surface area contributed by atoms with E-state index in [1.165, 1.54) is 86.4 Å². The van der Waals surface area contributed by atoms with Crippen molar-refractivity contribution in [1.29, 1.82) is 0 Å². The Bertz CT molecular complexity index is 1020. The number of piperidine rings is 1. The number of hydrogen-bond donors (Lipinski definition) is 0. The summed E-state index contributed by atoms with van der Waals surface area (Å²) in [5.74, 6) is 0. The quantitative estimate of drug-likeness (QED) is 0.300. The van der Waals surface area contributed by atoms with E-state index >= 15 is 0 Å². The van der Waals surface area contributed by atoms with Crippen molar-refractivity contribution >= 4 is 39.4 Å². The summed E-state index contributed by atoms with van der Waals surface area (Å²) in [4.78, 5) is 4.04. The zero-order valence-corrected chi connectivity index (χ0v) is 23.7. The fourth-order valence-electron chi connectivity index (χ4n) is 4.27. The van der Waals surface area contributed by atoms with Crippen LogP contribution in [0.2, 0.25) is 0 Å². The predicted octanol–water partition coefficient (Wildman–Crippen LogP) is 10.1. The van der Waals surface area contributed by atoms with E-state index in [1.807, 2.05) is 25.2 Å². The third kappa shape index (κ3) is 7.90. The Hall–Kier alpha value is -1.77. The van der Waals surface area contributed by atoms with Gasteiger partial charge in [0.2, 0.25) is 0 Å². The van der Waals surface area contributed by atoms with Crippen LogP contribution in [-0.4, -0.2) is 18.0 Å². The number of halogens is 1. The molecule has 0 amide bonds. The van der Waals surface area contributed by atoms with Crippen LogP contribution in [0.25, 0.3) is 15.7 Å². The maximum atomic E-state index is 3.56.